The fourth-order valence-electron chi connectivity index (χ4n) is 2.85. The van der Waals surface area contributed by atoms with E-state index in [1.54, 1.807) is 13.0 Å². The molecule has 2 amide bonds. The number of nitrogens with zero attached hydrogens (tertiary/aromatic N) is 1. The normalized spacial score (nSPS) is 21.0. The summed E-state index contributed by atoms with van der Waals surface area (Å²) in [5, 5.41) is 2.78. The molecular formula is C16H20N2O5S. The Morgan fingerprint density at radius 2 is 2.00 bits per heavy atom. The van der Waals surface area contributed by atoms with E-state index in [9.17, 15) is 18.0 Å². The number of rotatable bonds is 5. The van der Waals surface area contributed by atoms with Gasteiger partial charge >= 0.3 is 0 Å². The first kappa shape index (κ1) is 16.8. The summed E-state index contributed by atoms with van der Waals surface area (Å²) in [6, 6.07) is 3.53. The molecule has 1 atom stereocenters. The quantitative estimate of drug-likeness (QED) is 0.852. The average molecular weight is 352 g/mol. The van der Waals surface area contributed by atoms with Crippen molar-refractivity contribution in [2.75, 3.05) is 7.11 Å². The van der Waals surface area contributed by atoms with Crippen molar-refractivity contribution in [3.05, 3.63) is 23.8 Å². The lowest BCUT2D eigenvalue weighted by Crippen LogP contribution is -2.48. The smallest absolute Gasteiger partial charge is 0.267 e. The number of amides is 2. The van der Waals surface area contributed by atoms with Crippen LogP contribution in [0.4, 0.5) is 0 Å². The second-order valence-electron chi connectivity index (χ2n) is 6.16. The number of sulfonamides is 1. The Morgan fingerprint density at radius 1 is 1.29 bits per heavy atom. The number of aryl methyl sites for hydroxylation is 1. The highest BCUT2D eigenvalue weighted by Gasteiger charge is 2.45. The van der Waals surface area contributed by atoms with Crippen molar-refractivity contribution in [2.24, 2.45) is 0 Å². The summed E-state index contributed by atoms with van der Waals surface area (Å²) in [4.78, 5) is 24.5. The molecule has 130 valence electrons. The molecule has 7 nitrogen and oxygen atoms in total. The molecule has 1 heterocycles. The van der Waals surface area contributed by atoms with Gasteiger partial charge in [-0.15, -0.1) is 0 Å². The number of ether oxygens (including phenoxy) is 1. The predicted octanol–water partition coefficient (Wildman–Crippen LogP) is 0.962. The fourth-order valence-corrected chi connectivity index (χ4v) is 4.54. The zero-order chi connectivity index (χ0) is 17.5. The third-order valence-corrected chi connectivity index (χ3v) is 6.14. The lowest BCUT2D eigenvalue weighted by molar-refractivity contribution is -0.130. The minimum Gasteiger partial charge on any atom is -0.496 e. The highest BCUT2D eigenvalue weighted by Crippen LogP contribution is 2.30. The Labute approximate surface area is 141 Å². The summed E-state index contributed by atoms with van der Waals surface area (Å²) in [6.07, 6.45) is 2.07. The van der Waals surface area contributed by atoms with Crippen molar-refractivity contribution in [3.63, 3.8) is 0 Å². The molecule has 3 rings (SSSR count). The first-order valence-electron chi connectivity index (χ1n) is 7.87. The van der Waals surface area contributed by atoms with Crippen molar-refractivity contribution in [1.29, 1.82) is 0 Å². The second kappa shape index (κ2) is 6.08. The van der Waals surface area contributed by atoms with E-state index in [2.05, 4.69) is 5.32 Å². The first-order valence-corrected chi connectivity index (χ1v) is 9.31. The first-order chi connectivity index (χ1) is 11.3. The third-order valence-electron chi connectivity index (χ3n) is 4.31. The highest BCUT2D eigenvalue weighted by atomic mass is 32.2. The van der Waals surface area contributed by atoms with Crippen LogP contribution in [-0.2, 0) is 19.6 Å². The molecule has 1 N–H and O–H groups in total. The summed E-state index contributed by atoms with van der Waals surface area (Å²) in [5.74, 6) is -0.374. The topological polar surface area (TPSA) is 92.8 Å². The highest BCUT2D eigenvalue weighted by molar-refractivity contribution is 7.89. The van der Waals surface area contributed by atoms with E-state index in [1.807, 2.05) is 0 Å². The van der Waals surface area contributed by atoms with Gasteiger partial charge in [-0.1, -0.05) is 0 Å². The molecule has 0 bridgehead atoms. The molecule has 0 spiro atoms. The molecule has 1 aliphatic carbocycles. The van der Waals surface area contributed by atoms with Crippen LogP contribution in [-0.4, -0.2) is 43.7 Å². The van der Waals surface area contributed by atoms with Crippen LogP contribution in [0.3, 0.4) is 0 Å². The van der Waals surface area contributed by atoms with Crippen LogP contribution in [0.1, 0.15) is 31.2 Å². The lowest BCUT2D eigenvalue weighted by Gasteiger charge is -2.24. The number of nitrogens with one attached hydrogen (secondary N) is 1. The van der Waals surface area contributed by atoms with Gasteiger partial charge in [-0.2, -0.15) is 0 Å². The predicted molar refractivity (Wildman–Crippen MR) is 85.9 cm³/mol. The van der Waals surface area contributed by atoms with Crippen LogP contribution in [0.15, 0.2) is 23.1 Å². The van der Waals surface area contributed by atoms with Gasteiger partial charge in [-0.3, -0.25) is 9.59 Å². The van der Waals surface area contributed by atoms with E-state index in [-0.39, 0.29) is 23.8 Å². The van der Waals surface area contributed by atoms with Crippen LogP contribution in [0.5, 0.6) is 5.75 Å². The monoisotopic (exact) mass is 352 g/mol. The molecule has 1 aromatic rings. The molecule has 1 aliphatic heterocycles. The fraction of sp³-hybridized carbons (Fsp3) is 0.500. The lowest BCUT2D eigenvalue weighted by atomic mass is 10.2. The summed E-state index contributed by atoms with van der Waals surface area (Å²) in [5.41, 5.74) is 0.643. The largest absolute Gasteiger partial charge is 0.496 e. The molecule has 1 aromatic carbocycles. The van der Waals surface area contributed by atoms with E-state index >= 15 is 0 Å². The van der Waals surface area contributed by atoms with Gasteiger partial charge in [0.05, 0.1) is 12.0 Å². The van der Waals surface area contributed by atoms with Gasteiger partial charge < -0.3 is 10.1 Å². The van der Waals surface area contributed by atoms with Gasteiger partial charge in [0, 0.05) is 12.5 Å². The van der Waals surface area contributed by atoms with Gasteiger partial charge in [0.1, 0.15) is 11.8 Å². The number of carbonyl (C=O) groups is 2. The van der Waals surface area contributed by atoms with Crippen LogP contribution in [0, 0.1) is 6.92 Å². The maximum absolute atomic E-state index is 12.9. The number of carbonyl (C=O) groups excluding carboxylic acids is 2. The minimum absolute atomic E-state index is 0.0136. The van der Waals surface area contributed by atoms with Crippen molar-refractivity contribution in [1.82, 2.24) is 9.62 Å². The summed E-state index contributed by atoms with van der Waals surface area (Å²) < 4.78 is 31.7. The molecule has 0 aromatic heterocycles. The summed E-state index contributed by atoms with van der Waals surface area (Å²) in [6.45, 7) is 1.72. The maximum atomic E-state index is 12.9. The van der Waals surface area contributed by atoms with Gasteiger partial charge in [0.2, 0.25) is 11.8 Å². The van der Waals surface area contributed by atoms with E-state index in [4.69, 9.17) is 4.74 Å². The van der Waals surface area contributed by atoms with Gasteiger partial charge in [-0.05, 0) is 49.9 Å². The number of benzene rings is 1. The Hall–Kier alpha value is -2.09. The number of methoxy groups -OCH3 is 1. The molecule has 0 radical (unpaired) electrons. The molecule has 2 aliphatic rings. The molecular weight excluding hydrogens is 332 g/mol. The molecule has 1 saturated heterocycles. The second-order valence-corrected chi connectivity index (χ2v) is 7.98. The van der Waals surface area contributed by atoms with Gasteiger partial charge in [0.25, 0.3) is 10.0 Å². The Kier molecular flexibility index (Phi) is 4.25. The van der Waals surface area contributed by atoms with Crippen LogP contribution in [0.25, 0.3) is 0 Å². The number of hydrogen-bond acceptors (Lipinski definition) is 5. The number of hydrogen-bond donors (Lipinski definition) is 1. The zero-order valence-corrected chi connectivity index (χ0v) is 14.4. The van der Waals surface area contributed by atoms with Crippen molar-refractivity contribution in [3.8, 4) is 5.75 Å². The third kappa shape index (κ3) is 2.98. The Balaban J connectivity index is 1.92. The van der Waals surface area contributed by atoms with E-state index in [0.717, 1.165) is 17.1 Å². The molecule has 2 fully saturated rings. The SMILES string of the molecule is COc1ccc(S(=O)(=O)N2C(=O)CC[C@H]2C(=O)NC2CC2)cc1C. The molecule has 24 heavy (non-hydrogen) atoms. The standard InChI is InChI=1S/C16H20N2O5S/c1-10-9-12(5-7-14(10)23-2)24(21,22)18-13(6-8-15(18)19)16(20)17-11-3-4-11/h5,7,9,11,13H,3-4,6,8H2,1-2H3,(H,17,20)/t13-/m0/s1. The van der Waals surface area contributed by atoms with Crippen LogP contribution < -0.4 is 10.1 Å². The van der Waals surface area contributed by atoms with Gasteiger partial charge in [-0.25, -0.2) is 12.7 Å². The zero-order valence-electron chi connectivity index (χ0n) is 13.6. The Bertz CT molecular complexity index is 786. The van der Waals surface area contributed by atoms with E-state index < -0.39 is 27.9 Å². The van der Waals surface area contributed by atoms with Gasteiger partial charge in [0.15, 0.2) is 0 Å². The van der Waals surface area contributed by atoms with Crippen molar-refractivity contribution < 1.29 is 22.7 Å². The maximum Gasteiger partial charge on any atom is 0.267 e. The molecule has 8 heteroatoms. The van der Waals surface area contributed by atoms with Crippen LogP contribution in [0.2, 0.25) is 0 Å². The average Bonchev–Trinajstić information content (AvgIpc) is 3.25. The summed E-state index contributed by atoms with van der Waals surface area (Å²) in [7, 11) is -2.58. The van der Waals surface area contributed by atoms with E-state index in [1.165, 1.54) is 19.2 Å². The van der Waals surface area contributed by atoms with Crippen molar-refractivity contribution in [2.45, 2.75) is 49.6 Å². The molecule has 1 saturated carbocycles. The molecule has 0 unspecified atom stereocenters. The van der Waals surface area contributed by atoms with Crippen molar-refractivity contribution >= 4 is 21.8 Å². The van der Waals surface area contributed by atoms with Crippen LogP contribution >= 0.6 is 0 Å². The summed E-state index contributed by atoms with van der Waals surface area (Å²) >= 11 is 0. The Morgan fingerprint density at radius 3 is 2.58 bits per heavy atom. The van der Waals surface area contributed by atoms with E-state index in [0.29, 0.717) is 11.3 Å². The minimum atomic E-state index is -4.08.